The van der Waals surface area contributed by atoms with Crippen molar-refractivity contribution in [2.75, 3.05) is 7.11 Å². The highest BCUT2D eigenvalue weighted by molar-refractivity contribution is 7.71. The molecule has 0 saturated carbocycles. The number of rotatable bonds is 3. The molecule has 0 N–H and O–H groups in total. The summed E-state index contributed by atoms with van der Waals surface area (Å²) in [6.45, 7) is 0. The lowest BCUT2D eigenvalue weighted by Gasteiger charge is -2.11. The summed E-state index contributed by atoms with van der Waals surface area (Å²) in [4.78, 5) is 12.9. The minimum atomic E-state index is -0.286. The Morgan fingerprint density at radius 1 is 1.08 bits per heavy atom. The third-order valence-electron chi connectivity index (χ3n) is 3.57. The molecule has 0 radical (unpaired) electrons. The molecule has 0 saturated heterocycles. The number of aryl methyl sites for hydroxylation is 1. The Kier molecular flexibility index (Phi) is 4.51. The van der Waals surface area contributed by atoms with Crippen LogP contribution in [0.1, 0.15) is 0 Å². The van der Waals surface area contributed by atoms with Crippen LogP contribution in [0.25, 0.3) is 16.9 Å². The largest absolute Gasteiger partial charge is 0.497 e. The Morgan fingerprint density at radius 3 is 2.29 bits per heavy atom. The SMILES string of the molecule is COc1ccc(-c2nn(C)c(=S)n(-c3ccc(Cl)cc3)c2=O)cc1. The van der Waals surface area contributed by atoms with E-state index in [4.69, 9.17) is 28.6 Å². The van der Waals surface area contributed by atoms with Gasteiger partial charge in [-0.1, -0.05) is 11.6 Å². The van der Waals surface area contributed by atoms with Crippen LogP contribution in [0.4, 0.5) is 0 Å². The first-order valence-electron chi connectivity index (χ1n) is 7.12. The van der Waals surface area contributed by atoms with Crippen molar-refractivity contribution in [3.05, 3.63) is 68.7 Å². The van der Waals surface area contributed by atoms with Crippen molar-refractivity contribution >= 4 is 23.8 Å². The van der Waals surface area contributed by atoms with Crippen molar-refractivity contribution in [1.29, 1.82) is 0 Å². The van der Waals surface area contributed by atoms with Gasteiger partial charge < -0.3 is 4.74 Å². The van der Waals surface area contributed by atoms with Crippen molar-refractivity contribution in [3.63, 3.8) is 0 Å². The molecule has 7 heteroatoms. The van der Waals surface area contributed by atoms with Gasteiger partial charge in [0, 0.05) is 17.6 Å². The number of nitrogens with zero attached hydrogens (tertiary/aromatic N) is 3. The van der Waals surface area contributed by atoms with Gasteiger partial charge in [-0.3, -0.25) is 9.36 Å². The lowest BCUT2D eigenvalue weighted by Crippen LogP contribution is -2.26. The molecule has 5 nitrogen and oxygen atoms in total. The van der Waals surface area contributed by atoms with E-state index in [0.29, 0.717) is 32.5 Å². The summed E-state index contributed by atoms with van der Waals surface area (Å²) >= 11 is 11.3. The number of hydrogen-bond donors (Lipinski definition) is 0. The van der Waals surface area contributed by atoms with E-state index >= 15 is 0 Å². The standard InChI is InChI=1S/C17H14ClN3O2S/c1-20-17(24)21(13-7-5-12(18)6-8-13)16(22)15(19-20)11-3-9-14(23-2)10-4-11/h3-10H,1-2H3. The lowest BCUT2D eigenvalue weighted by molar-refractivity contribution is 0.415. The van der Waals surface area contributed by atoms with Gasteiger partial charge >= 0.3 is 0 Å². The molecule has 0 aliphatic rings. The Balaban J connectivity index is 2.24. The van der Waals surface area contributed by atoms with E-state index < -0.39 is 0 Å². The number of benzene rings is 2. The van der Waals surface area contributed by atoms with Gasteiger partial charge in [0.25, 0.3) is 5.56 Å². The number of hydrogen-bond acceptors (Lipinski definition) is 4. The molecule has 122 valence electrons. The van der Waals surface area contributed by atoms with E-state index in [1.807, 2.05) is 0 Å². The Labute approximate surface area is 148 Å². The molecule has 0 atom stereocenters. The summed E-state index contributed by atoms with van der Waals surface area (Å²) in [7, 11) is 3.30. The molecule has 1 heterocycles. The quantitative estimate of drug-likeness (QED) is 0.670. The van der Waals surface area contributed by atoms with Crippen molar-refractivity contribution in [2.24, 2.45) is 7.05 Å². The van der Waals surface area contributed by atoms with Gasteiger partial charge in [0.15, 0.2) is 5.69 Å². The summed E-state index contributed by atoms with van der Waals surface area (Å²) in [5, 5.41) is 4.90. The minimum Gasteiger partial charge on any atom is -0.497 e. The average Bonchev–Trinajstić information content (AvgIpc) is 2.60. The summed E-state index contributed by atoms with van der Waals surface area (Å²) in [6.07, 6.45) is 0. The number of halogens is 1. The van der Waals surface area contributed by atoms with Gasteiger partial charge in [-0.2, -0.15) is 5.10 Å². The van der Waals surface area contributed by atoms with Crippen LogP contribution in [0.15, 0.2) is 53.3 Å². The molecule has 0 aliphatic heterocycles. The molecule has 0 aliphatic carbocycles. The van der Waals surface area contributed by atoms with Crippen LogP contribution in [0.3, 0.4) is 0 Å². The molecular formula is C17H14ClN3O2S. The molecule has 3 aromatic rings. The highest BCUT2D eigenvalue weighted by Crippen LogP contribution is 2.19. The number of methoxy groups -OCH3 is 1. The smallest absolute Gasteiger partial charge is 0.285 e. The average molecular weight is 360 g/mol. The number of aromatic nitrogens is 3. The van der Waals surface area contributed by atoms with Crippen molar-refractivity contribution in [2.45, 2.75) is 0 Å². The van der Waals surface area contributed by atoms with Crippen LogP contribution in [0.5, 0.6) is 5.75 Å². The van der Waals surface area contributed by atoms with E-state index in [-0.39, 0.29) is 5.56 Å². The van der Waals surface area contributed by atoms with E-state index in [1.54, 1.807) is 62.7 Å². The van der Waals surface area contributed by atoms with Gasteiger partial charge in [-0.15, -0.1) is 0 Å². The predicted molar refractivity (Wildman–Crippen MR) is 96.6 cm³/mol. The molecular weight excluding hydrogens is 346 g/mol. The molecule has 24 heavy (non-hydrogen) atoms. The normalized spacial score (nSPS) is 10.6. The summed E-state index contributed by atoms with van der Waals surface area (Å²) in [6, 6.07) is 14.1. The van der Waals surface area contributed by atoms with E-state index in [0.717, 1.165) is 0 Å². The zero-order valence-corrected chi connectivity index (χ0v) is 14.6. The second-order valence-corrected chi connectivity index (χ2v) is 5.90. The predicted octanol–water partition coefficient (Wildman–Crippen LogP) is 3.63. The van der Waals surface area contributed by atoms with Gasteiger partial charge in [-0.05, 0) is 60.7 Å². The van der Waals surface area contributed by atoms with Gasteiger partial charge in [-0.25, -0.2) is 4.68 Å². The van der Waals surface area contributed by atoms with E-state index in [2.05, 4.69) is 5.10 Å². The Morgan fingerprint density at radius 2 is 1.71 bits per heavy atom. The van der Waals surface area contributed by atoms with Gasteiger partial charge in [0.1, 0.15) is 5.75 Å². The van der Waals surface area contributed by atoms with Crippen LogP contribution in [-0.4, -0.2) is 21.5 Å². The maximum Gasteiger partial charge on any atom is 0.285 e. The minimum absolute atomic E-state index is 0.286. The molecule has 3 rings (SSSR count). The summed E-state index contributed by atoms with van der Waals surface area (Å²) < 4.78 is 8.40. The third-order valence-corrected chi connectivity index (χ3v) is 4.27. The molecule has 0 bridgehead atoms. The maximum absolute atomic E-state index is 12.9. The third kappa shape index (κ3) is 2.98. The van der Waals surface area contributed by atoms with Crippen LogP contribution < -0.4 is 10.3 Å². The molecule has 0 unspecified atom stereocenters. The molecule has 0 spiro atoms. The van der Waals surface area contributed by atoms with Crippen LogP contribution in [-0.2, 0) is 7.05 Å². The van der Waals surface area contributed by atoms with Crippen LogP contribution >= 0.6 is 23.8 Å². The molecule has 2 aromatic carbocycles. The fraction of sp³-hybridized carbons (Fsp3) is 0.118. The Bertz CT molecular complexity index is 992. The fourth-order valence-corrected chi connectivity index (χ4v) is 2.68. The lowest BCUT2D eigenvalue weighted by atomic mass is 10.1. The van der Waals surface area contributed by atoms with Crippen LogP contribution in [0.2, 0.25) is 5.02 Å². The molecule has 0 amide bonds. The number of ether oxygens (including phenoxy) is 1. The second-order valence-electron chi connectivity index (χ2n) is 5.10. The van der Waals surface area contributed by atoms with Crippen molar-refractivity contribution < 1.29 is 4.74 Å². The van der Waals surface area contributed by atoms with Crippen LogP contribution in [0, 0.1) is 4.77 Å². The van der Waals surface area contributed by atoms with Crippen molar-refractivity contribution in [1.82, 2.24) is 14.3 Å². The zero-order chi connectivity index (χ0) is 17.3. The maximum atomic E-state index is 12.9. The Hall–Kier alpha value is -2.44. The first kappa shape index (κ1) is 16.4. The van der Waals surface area contributed by atoms with Crippen molar-refractivity contribution in [3.8, 4) is 22.7 Å². The van der Waals surface area contributed by atoms with E-state index in [1.165, 1.54) is 9.25 Å². The fourth-order valence-electron chi connectivity index (χ4n) is 2.32. The van der Waals surface area contributed by atoms with Gasteiger partial charge in [0.2, 0.25) is 4.77 Å². The first-order valence-corrected chi connectivity index (χ1v) is 7.90. The van der Waals surface area contributed by atoms with E-state index in [9.17, 15) is 4.79 Å². The highest BCUT2D eigenvalue weighted by atomic mass is 35.5. The topological polar surface area (TPSA) is 49.0 Å². The molecule has 0 fully saturated rings. The molecule has 1 aromatic heterocycles. The monoisotopic (exact) mass is 359 g/mol. The highest BCUT2D eigenvalue weighted by Gasteiger charge is 2.13. The summed E-state index contributed by atoms with van der Waals surface area (Å²) in [5.74, 6) is 0.709. The zero-order valence-electron chi connectivity index (χ0n) is 13.1. The second kappa shape index (κ2) is 6.59. The summed E-state index contributed by atoms with van der Waals surface area (Å²) in [5.41, 5.74) is 1.35. The van der Waals surface area contributed by atoms with Gasteiger partial charge in [0.05, 0.1) is 12.8 Å². The first-order chi connectivity index (χ1) is 11.5.